The number of pyridine rings is 1. The molecular weight excluding hydrogens is 224 g/mol. The van der Waals surface area contributed by atoms with Gasteiger partial charge in [0.05, 0.1) is 11.8 Å². The fourth-order valence-corrected chi connectivity index (χ4v) is 3.30. The number of aromatic nitrogens is 1. The van der Waals surface area contributed by atoms with Gasteiger partial charge in [0.25, 0.3) is 0 Å². The van der Waals surface area contributed by atoms with Crippen LogP contribution in [0.1, 0.15) is 55.8 Å². The van der Waals surface area contributed by atoms with Gasteiger partial charge >= 0.3 is 0 Å². The van der Waals surface area contributed by atoms with Crippen molar-refractivity contribution in [2.24, 2.45) is 0 Å². The molecule has 2 aliphatic carbocycles. The molecule has 1 aromatic rings. The lowest BCUT2D eigenvalue weighted by atomic mass is 9.88. The fourth-order valence-electron chi connectivity index (χ4n) is 3.30. The van der Waals surface area contributed by atoms with Crippen molar-refractivity contribution >= 4 is 0 Å². The lowest BCUT2D eigenvalue weighted by Crippen LogP contribution is -2.38. The zero-order chi connectivity index (χ0) is 12.4. The molecule has 0 bridgehead atoms. The third-order valence-corrected chi connectivity index (χ3v) is 4.33. The van der Waals surface area contributed by atoms with Crippen LogP contribution in [0.2, 0.25) is 0 Å². The minimum Gasteiger partial charge on any atom is -0.393 e. The second-order valence-corrected chi connectivity index (χ2v) is 5.66. The molecule has 0 aromatic carbocycles. The smallest absolute Gasteiger partial charge is 0.0605 e. The molecule has 2 aliphatic rings. The van der Waals surface area contributed by atoms with E-state index in [1.54, 1.807) is 0 Å². The van der Waals surface area contributed by atoms with Crippen molar-refractivity contribution in [3.05, 3.63) is 29.6 Å². The van der Waals surface area contributed by atoms with Crippen LogP contribution in [-0.2, 0) is 6.42 Å². The maximum absolute atomic E-state index is 9.55. The van der Waals surface area contributed by atoms with Gasteiger partial charge < -0.3 is 10.4 Å². The lowest BCUT2D eigenvalue weighted by molar-refractivity contribution is 0.113. The molecule has 1 saturated carbocycles. The molecule has 3 heteroatoms. The normalized spacial score (nSPS) is 31.9. The van der Waals surface area contributed by atoms with Crippen LogP contribution in [0.3, 0.4) is 0 Å². The summed E-state index contributed by atoms with van der Waals surface area (Å²) >= 11 is 0. The van der Waals surface area contributed by atoms with Gasteiger partial charge in [-0.05, 0) is 56.6 Å². The molecule has 1 heterocycles. The highest BCUT2D eigenvalue weighted by atomic mass is 16.3. The lowest BCUT2D eigenvalue weighted by Gasteiger charge is -2.32. The van der Waals surface area contributed by atoms with E-state index in [0.717, 1.165) is 25.7 Å². The number of aryl methyl sites for hydroxylation is 1. The van der Waals surface area contributed by atoms with E-state index in [2.05, 4.69) is 16.4 Å². The van der Waals surface area contributed by atoms with Crippen molar-refractivity contribution < 1.29 is 5.11 Å². The second kappa shape index (κ2) is 5.37. The minimum atomic E-state index is -0.0696. The summed E-state index contributed by atoms with van der Waals surface area (Å²) in [5.74, 6) is 0. The Morgan fingerprint density at radius 2 is 2.00 bits per heavy atom. The second-order valence-electron chi connectivity index (χ2n) is 5.66. The summed E-state index contributed by atoms with van der Waals surface area (Å²) in [5, 5.41) is 13.3. The Labute approximate surface area is 109 Å². The third kappa shape index (κ3) is 2.57. The van der Waals surface area contributed by atoms with Crippen LogP contribution in [-0.4, -0.2) is 22.2 Å². The summed E-state index contributed by atoms with van der Waals surface area (Å²) < 4.78 is 0. The monoisotopic (exact) mass is 246 g/mol. The van der Waals surface area contributed by atoms with Crippen LogP contribution in [0.4, 0.5) is 0 Å². The molecule has 1 unspecified atom stereocenters. The molecular formula is C15H22N2O. The molecule has 3 rings (SSSR count). The van der Waals surface area contributed by atoms with E-state index in [1.807, 2.05) is 12.3 Å². The summed E-state index contributed by atoms with van der Waals surface area (Å²) in [4.78, 5) is 4.57. The Hall–Kier alpha value is -0.930. The molecule has 0 radical (unpaired) electrons. The number of nitrogens with one attached hydrogen (secondary N) is 1. The van der Waals surface area contributed by atoms with Crippen molar-refractivity contribution in [3.63, 3.8) is 0 Å². The average molecular weight is 246 g/mol. The number of hydrogen-bond donors (Lipinski definition) is 2. The number of aliphatic hydroxyl groups is 1. The largest absolute Gasteiger partial charge is 0.393 e. The van der Waals surface area contributed by atoms with Gasteiger partial charge in [-0.3, -0.25) is 4.98 Å². The summed E-state index contributed by atoms with van der Waals surface area (Å²) in [6, 6.07) is 5.24. The molecule has 0 amide bonds. The van der Waals surface area contributed by atoms with Crippen LogP contribution in [0.15, 0.2) is 18.3 Å². The summed E-state index contributed by atoms with van der Waals surface area (Å²) in [5.41, 5.74) is 2.67. The first kappa shape index (κ1) is 12.1. The molecule has 1 fully saturated rings. The van der Waals surface area contributed by atoms with E-state index in [4.69, 9.17) is 0 Å². The van der Waals surface area contributed by atoms with E-state index in [1.165, 1.54) is 30.5 Å². The molecule has 2 N–H and O–H groups in total. The van der Waals surface area contributed by atoms with E-state index in [-0.39, 0.29) is 6.10 Å². The first-order valence-electron chi connectivity index (χ1n) is 7.21. The number of nitrogens with zero attached hydrogens (tertiary/aromatic N) is 1. The Bertz CT molecular complexity index is 399. The Kier molecular flexibility index (Phi) is 3.62. The molecule has 18 heavy (non-hydrogen) atoms. The van der Waals surface area contributed by atoms with Crippen molar-refractivity contribution in [1.82, 2.24) is 10.3 Å². The maximum atomic E-state index is 9.55. The Morgan fingerprint density at radius 3 is 2.83 bits per heavy atom. The van der Waals surface area contributed by atoms with Crippen LogP contribution >= 0.6 is 0 Å². The number of aliphatic hydroxyl groups excluding tert-OH is 1. The van der Waals surface area contributed by atoms with Gasteiger partial charge in [0.1, 0.15) is 0 Å². The van der Waals surface area contributed by atoms with Gasteiger partial charge in [-0.15, -0.1) is 0 Å². The highest BCUT2D eigenvalue weighted by Gasteiger charge is 2.26. The summed E-state index contributed by atoms with van der Waals surface area (Å²) in [7, 11) is 0. The summed E-state index contributed by atoms with van der Waals surface area (Å²) in [6.07, 6.45) is 9.54. The first-order chi connectivity index (χ1) is 8.83. The number of hydrogen-bond acceptors (Lipinski definition) is 3. The molecule has 98 valence electrons. The van der Waals surface area contributed by atoms with Crippen molar-refractivity contribution in [2.75, 3.05) is 0 Å². The van der Waals surface area contributed by atoms with Crippen LogP contribution in [0.25, 0.3) is 0 Å². The highest BCUT2D eigenvalue weighted by molar-refractivity contribution is 5.25. The molecule has 0 saturated heterocycles. The van der Waals surface area contributed by atoms with Crippen molar-refractivity contribution in [3.8, 4) is 0 Å². The standard InChI is InChI=1S/C15H22N2O/c18-13-8-6-12(7-9-13)17-14-5-1-3-11-4-2-10-16-15(11)14/h2,4,10,12-14,17-18H,1,3,5-9H2. The zero-order valence-corrected chi connectivity index (χ0v) is 10.8. The predicted octanol–water partition coefficient (Wildman–Crippen LogP) is 2.35. The average Bonchev–Trinajstić information content (AvgIpc) is 2.42. The highest BCUT2D eigenvalue weighted by Crippen LogP contribution is 2.30. The van der Waals surface area contributed by atoms with E-state index < -0.39 is 0 Å². The molecule has 0 spiro atoms. The Balaban J connectivity index is 1.67. The van der Waals surface area contributed by atoms with Gasteiger partial charge in [0.15, 0.2) is 0 Å². The number of fused-ring (bicyclic) bond motifs is 1. The van der Waals surface area contributed by atoms with Crippen LogP contribution < -0.4 is 5.32 Å². The van der Waals surface area contributed by atoms with E-state index in [9.17, 15) is 5.11 Å². The van der Waals surface area contributed by atoms with E-state index >= 15 is 0 Å². The quantitative estimate of drug-likeness (QED) is 0.842. The van der Waals surface area contributed by atoms with Gasteiger partial charge in [0.2, 0.25) is 0 Å². The first-order valence-corrected chi connectivity index (χ1v) is 7.21. The summed E-state index contributed by atoms with van der Waals surface area (Å²) in [6.45, 7) is 0. The third-order valence-electron chi connectivity index (χ3n) is 4.33. The van der Waals surface area contributed by atoms with Gasteiger partial charge in [-0.1, -0.05) is 6.07 Å². The molecule has 0 aliphatic heterocycles. The molecule has 3 nitrogen and oxygen atoms in total. The molecule has 1 aromatic heterocycles. The minimum absolute atomic E-state index is 0.0696. The SMILES string of the molecule is OC1CCC(NC2CCCc3cccnc32)CC1. The van der Waals surface area contributed by atoms with Crippen LogP contribution in [0, 0.1) is 0 Å². The predicted molar refractivity (Wildman–Crippen MR) is 71.3 cm³/mol. The zero-order valence-electron chi connectivity index (χ0n) is 10.8. The fraction of sp³-hybridized carbons (Fsp3) is 0.667. The van der Waals surface area contributed by atoms with E-state index in [0.29, 0.717) is 12.1 Å². The van der Waals surface area contributed by atoms with Crippen molar-refractivity contribution in [1.29, 1.82) is 0 Å². The number of rotatable bonds is 2. The van der Waals surface area contributed by atoms with Gasteiger partial charge in [0, 0.05) is 18.3 Å². The molecule has 1 atom stereocenters. The van der Waals surface area contributed by atoms with Gasteiger partial charge in [-0.25, -0.2) is 0 Å². The van der Waals surface area contributed by atoms with Crippen molar-refractivity contribution in [2.45, 2.75) is 63.1 Å². The Morgan fingerprint density at radius 1 is 1.17 bits per heavy atom. The topological polar surface area (TPSA) is 45.1 Å². The maximum Gasteiger partial charge on any atom is 0.0605 e. The van der Waals surface area contributed by atoms with Gasteiger partial charge in [-0.2, -0.15) is 0 Å². The van der Waals surface area contributed by atoms with Crippen LogP contribution in [0.5, 0.6) is 0 Å².